The third kappa shape index (κ3) is 4.88. The molecule has 0 bridgehead atoms. The number of urea groups is 1. The number of hydrogen-bond donors (Lipinski definition) is 2. The van der Waals surface area contributed by atoms with Gasteiger partial charge in [-0.2, -0.15) is 0 Å². The second-order valence-electron chi connectivity index (χ2n) is 6.36. The topological polar surface area (TPSA) is 72.9 Å². The Kier molecular flexibility index (Phi) is 5.85. The van der Waals surface area contributed by atoms with E-state index in [4.69, 9.17) is 5.11 Å². The van der Waals surface area contributed by atoms with Gasteiger partial charge in [0.05, 0.1) is 0 Å². The van der Waals surface area contributed by atoms with Crippen molar-refractivity contribution < 1.29 is 14.7 Å². The third-order valence-electron chi connectivity index (χ3n) is 4.56. The fourth-order valence-corrected chi connectivity index (χ4v) is 3.18. The highest BCUT2D eigenvalue weighted by atomic mass is 16.4. The molecular weight excluding hydrogens is 270 g/mol. The average Bonchev–Trinajstić information content (AvgIpc) is 3.11. The summed E-state index contributed by atoms with van der Waals surface area (Å²) >= 11 is 0. The van der Waals surface area contributed by atoms with Crippen LogP contribution in [0.2, 0.25) is 0 Å². The quantitative estimate of drug-likeness (QED) is 0.776. The molecule has 2 amide bonds. The van der Waals surface area contributed by atoms with Crippen molar-refractivity contribution >= 4 is 12.0 Å². The van der Waals surface area contributed by atoms with Crippen LogP contribution in [0.5, 0.6) is 0 Å². The van der Waals surface area contributed by atoms with Gasteiger partial charge in [-0.05, 0) is 44.7 Å². The van der Waals surface area contributed by atoms with Crippen molar-refractivity contribution in [3.8, 4) is 0 Å². The van der Waals surface area contributed by atoms with Gasteiger partial charge < -0.3 is 15.3 Å². The van der Waals surface area contributed by atoms with E-state index in [1.54, 1.807) is 0 Å². The van der Waals surface area contributed by atoms with Crippen LogP contribution in [0.1, 0.15) is 39.0 Å². The van der Waals surface area contributed by atoms with Crippen LogP contribution in [0.25, 0.3) is 0 Å². The molecule has 6 nitrogen and oxygen atoms in total. The molecule has 0 aliphatic carbocycles. The molecule has 2 heterocycles. The summed E-state index contributed by atoms with van der Waals surface area (Å²) in [5.41, 5.74) is 0. The lowest BCUT2D eigenvalue weighted by atomic mass is 10.1. The van der Waals surface area contributed by atoms with Gasteiger partial charge in [0.1, 0.15) is 0 Å². The number of carboxylic acids is 1. The second kappa shape index (κ2) is 7.64. The summed E-state index contributed by atoms with van der Waals surface area (Å²) < 4.78 is 0. The van der Waals surface area contributed by atoms with Crippen LogP contribution in [0.4, 0.5) is 4.79 Å². The molecule has 0 aromatic carbocycles. The van der Waals surface area contributed by atoms with Crippen molar-refractivity contribution in [1.29, 1.82) is 0 Å². The number of nitrogens with one attached hydrogen (secondary N) is 1. The predicted octanol–water partition coefficient (Wildman–Crippen LogP) is 1.37. The average molecular weight is 297 g/mol. The number of nitrogens with zero attached hydrogens (tertiary/aromatic N) is 2. The Balaban J connectivity index is 1.65. The normalized spacial score (nSPS) is 24.2. The monoisotopic (exact) mass is 297 g/mol. The zero-order valence-electron chi connectivity index (χ0n) is 12.9. The molecular formula is C15H27N3O3. The Labute approximate surface area is 126 Å². The minimum Gasteiger partial charge on any atom is -0.481 e. The highest BCUT2D eigenvalue weighted by Gasteiger charge is 2.31. The molecule has 21 heavy (non-hydrogen) atoms. The lowest BCUT2D eigenvalue weighted by Gasteiger charge is -2.24. The molecule has 0 aromatic heterocycles. The third-order valence-corrected chi connectivity index (χ3v) is 4.56. The number of carbonyl (C=O) groups excluding carboxylic acids is 1. The first-order valence-corrected chi connectivity index (χ1v) is 8.05. The Hall–Kier alpha value is -1.30. The Bertz CT molecular complexity index is 369. The van der Waals surface area contributed by atoms with E-state index in [9.17, 15) is 9.59 Å². The van der Waals surface area contributed by atoms with Crippen molar-refractivity contribution in [3.05, 3.63) is 0 Å². The minimum absolute atomic E-state index is 0.00104. The number of carboxylic acid groups (broad SMARTS) is 1. The molecule has 0 radical (unpaired) electrons. The number of hydrogen-bond acceptors (Lipinski definition) is 3. The van der Waals surface area contributed by atoms with E-state index in [0.717, 1.165) is 19.5 Å². The highest BCUT2D eigenvalue weighted by molar-refractivity contribution is 5.74. The van der Waals surface area contributed by atoms with Crippen molar-refractivity contribution in [1.82, 2.24) is 15.1 Å². The Morgan fingerprint density at radius 3 is 2.67 bits per heavy atom. The summed E-state index contributed by atoms with van der Waals surface area (Å²) in [5, 5.41) is 11.6. The number of carbonyl (C=O) groups is 2. The van der Waals surface area contributed by atoms with E-state index in [1.165, 1.54) is 25.9 Å². The smallest absolute Gasteiger partial charge is 0.317 e. The summed E-state index contributed by atoms with van der Waals surface area (Å²) in [6.45, 7) is 6.53. The van der Waals surface area contributed by atoms with Crippen molar-refractivity contribution in [3.63, 3.8) is 0 Å². The maximum Gasteiger partial charge on any atom is 0.317 e. The zero-order chi connectivity index (χ0) is 15.2. The minimum atomic E-state index is -0.777. The first-order valence-electron chi connectivity index (χ1n) is 8.05. The maximum absolute atomic E-state index is 12.1. The van der Waals surface area contributed by atoms with E-state index in [-0.39, 0.29) is 18.4 Å². The van der Waals surface area contributed by atoms with Crippen molar-refractivity contribution in [2.45, 2.75) is 45.1 Å². The fraction of sp³-hybridized carbons (Fsp3) is 0.867. The first kappa shape index (κ1) is 16.1. The van der Waals surface area contributed by atoms with Crippen LogP contribution in [0.15, 0.2) is 0 Å². The molecule has 0 aromatic rings. The zero-order valence-corrected chi connectivity index (χ0v) is 12.9. The van der Waals surface area contributed by atoms with Crippen molar-refractivity contribution in [2.24, 2.45) is 5.92 Å². The van der Waals surface area contributed by atoms with E-state index in [2.05, 4.69) is 10.2 Å². The molecule has 2 N–H and O–H groups in total. The SMILES string of the molecule is CC(CCC(=O)O)CNC(=O)N1CCC(N2CCCC2)C1. The Morgan fingerprint density at radius 2 is 2.00 bits per heavy atom. The molecule has 2 rings (SSSR count). The van der Waals surface area contributed by atoms with E-state index < -0.39 is 5.97 Å². The molecule has 6 heteroatoms. The van der Waals surface area contributed by atoms with Crippen LogP contribution in [0, 0.1) is 5.92 Å². The molecule has 2 aliphatic rings. The lowest BCUT2D eigenvalue weighted by Crippen LogP contribution is -2.42. The van der Waals surface area contributed by atoms with Crippen molar-refractivity contribution in [2.75, 3.05) is 32.7 Å². The van der Waals surface area contributed by atoms with Crippen LogP contribution in [0.3, 0.4) is 0 Å². The van der Waals surface area contributed by atoms with Gasteiger partial charge in [0.15, 0.2) is 0 Å². The Morgan fingerprint density at radius 1 is 1.29 bits per heavy atom. The molecule has 2 saturated heterocycles. The van der Waals surface area contributed by atoms with Gasteiger partial charge in [0.25, 0.3) is 0 Å². The van der Waals surface area contributed by atoms with E-state index in [1.807, 2.05) is 11.8 Å². The number of likely N-dealkylation sites (tertiary alicyclic amines) is 2. The largest absolute Gasteiger partial charge is 0.481 e. The first-order chi connectivity index (χ1) is 10.1. The maximum atomic E-state index is 12.1. The van der Waals surface area contributed by atoms with Crippen LogP contribution in [-0.4, -0.2) is 65.7 Å². The lowest BCUT2D eigenvalue weighted by molar-refractivity contribution is -0.137. The van der Waals surface area contributed by atoms with Gasteiger partial charge in [-0.1, -0.05) is 6.92 Å². The number of rotatable bonds is 6. The fourth-order valence-electron chi connectivity index (χ4n) is 3.18. The van der Waals surface area contributed by atoms with E-state index in [0.29, 0.717) is 19.0 Å². The van der Waals surface area contributed by atoms with Crippen LogP contribution >= 0.6 is 0 Å². The van der Waals surface area contributed by atoms with Gasteiger partial charge in [-0.3, -0.25) is 9.69 Å². The van der Waals surface area contributed by atoms with E-state index >= 15 is 0 Å². The summed E-state index contributed by atoms with van der Waals surface area (Å²) in [4.78, 5) is 27.0. The standard InChI is InChI=1S/C15H27N3O3/c1-12(4-5-14(19)20)10-16-15(21)18-9-6-13(11-18)17-7-2-3-8-17/h12-13H,2-11H2,1H3,(H,16,21)(H,19,20). The number of amides is 2. The van der Waals surface area contributed by atoms with Gasteiger partial charge in [-0.15, -0.1) is 0 Å². The molecule has 0 spiro atoms. The number of aliphatic carboxylic acids is 1. The van der Waals surface area contributed by atoms with Gasteiger partial charge >= 0.3 is 12.0 Å². The molecule has 120 valence electrons. The summed E-state index contributed by atoms with van der Waals surface area (Å²) in [6, 6.07) is 0.529. The predicted molar refractivity (Wildman–Crippen MR) is 80.2 cm³/mol. The summed E-state index contributed by atoms with van der Waals surface area (Å²) in [5.74, 6) is -0.580. The molecule has 2 fully saturated rings. The molecule has 2 aliphatic heterocycles. The second-order valence-corrected chi connectivity index (χ2v) is 6.36. The van der Waals surface area contributed by atoms with Crippen LogP contribution < -0.4 is 5.32 Å². The van der Waals surface area contributed by atoms with Gasteiger partial charge in [0, 0.05) is 32.1 Å². The summed E-state index contributed by atoms with van der Waals surface area (Å²) in [7, 11) is 0. The molecule has 0 saturated carbocycles. The van der Waals surface area contributed by atoms with Crippen LogP contribution in [-0.2, 0) is 4.79 Å². The van der Waals surface area contributed by atoms with Gasteiger partial charge in [0.2, 0.25) is 0 Å². The molecule has 2 atom stereocenters. The molecule has 2 unspecified atom stereocenters. The highest BCUT2D eigenvalue weighted by Crippen LogP contribution is 2.20. The van der Waals surface area contributed by atoms with Gasteiger partial charge in [-0.25, -0.2) is 4.79 Å². The summed E-state index contributed by atoms with van der Waals surface area (Å²) in [6.07, 6.45) is 4.40.